The van der Waals surface area contributed by atoms with E-state index in [2.05, 4.69) is 10.6 Å². The summed E-state index contributed by atoms with van der Waals surface area (Å²) < 4.78 is 13.3. The number of hydrogen-bond donors (Lipinski definition) is 8. The summed E-state index contributed by atoms with van der Waals surface area (Å²) in [5, 5.41) is 75.0. The molecule has 10 atom stereocenters. The van der Waals surface area contributed by atoms with Gasteiger partial charge in [-0.15, -0.1) is 0 Å². The van der Waals surface area contributed by atoms with Gasteiger partial charge >= 0.3 is 0 Å². The lowest BCUT2D eigenvalue weighted by Crippen LogP contribution is -2.44. The Morgan fingerprint density at radius 1 is 0.925 bits per heavy atom. The molecule has 8 N–H and O–H groups in total. The van der Waals surface area contributed by atoms with E-state index in [1.807, 2.05) is 30.3 Å². The molecule has 0 saturated heterocycles. The molecule has 0 aromatic heterocycles. The highest BCUT2D eigenvalue weighted by molar-refractivity contribution is 8.76. The number of aliphatic hydroxyl groups excluding tert-OH is 4. The first-order valence-corrected chi connectivity index (χ1v) is 26.7. The summed E-state index contributed by atoms with van der Waals surface area (Å²) in [6, 6.07) is 14.4. The van der Waals surface area contributed by atoms with Crippen molar-refractivity contribution in [2.45, 2.75) is 150 Å². The first-order chi connectivity index (χ1) is 32.5. The highest BCUT2D eigenvalue weighted by Gasteiger charge is 2.45. The number of methoxy groups -OCH3 is 1. The van der Waals surface area contributed by atoms with Crippen LogP contribution in [0.15, 0.2) is 48.5 Å². The summed E-state index contributed by atoms with van der Waals surface area (Å²) in [4.78, 5) is 27.6. The monoisotopic (exact) mass is 954 g/mol. The lowest BCUT2D eigenvalue weighted by Gasteiger charge is -2.45. The third-order valence-electron chi connectivity index (χ3n) is 15.6. The summed E-state index contributed by atoms with van der Waals surface area (Å²) in [5.41, 5.74) is 7.94. The molecule has 4 heterocycles. The number of carbonyl (C=O) groups excluding carboxylic acids is 2. The van der Waals surface area contributed by atoms with Crippen molar-refractivity contribution in [2.24, 2.45) is 11.8 Å². The van der Waals surface area contributed by atoms with Crippen LogP contribution < -0.4 is 15.4 Å². The van der Waals surface area contributed by atoms with Gasteiger partial charge in [0.2, 0.25) is 0 Å². The smallest absolute Gasteiger partial charge is 0.168 e. The van der Waals surface area contributed by atoms with Crippen molar-refractivity contribution in [1.29, 1.82) is 0 Å². The molecule has 12 nitrogen and oxygen atoms in total. The molecule has 0 radical (unpaired) electrons. The van der Waals surface area contributed by atoms with Gasteiger partial charge in [-0.1, -0.05) is 45.9 Å². The zero-order valence-electron chi connectivity index (χ0n) is 38.5. The zero-order valence-corrected chi connectivity index (χ0v) is 40.2. The molecular weight excluding hydrogens is 889 g/mol. The molecule has 10 unspecified atom stereocenters. The molecular formula is C53H66N2O10S2. The topological polar surface area (TPSA) is 198 Å². The van der Waals surface area contributed by atoms with Gasteiger partial charge < -0.3 is 45.4 Å². The fraction of sp³-hybridized carbons (Fsp3) is 0.547. The average molecular weight is 955 g/mol. The molecule has 1 fully saturated rings. The third-order valence-corrected chi connectivity index (χ3v) is 18.5. The van der Waals surface area contributed by atoms with Gasteiger partial charge in [-0.05, 0) is 170 Å². The van der Waals surface area contributed by atoms with Crippen molar-refractivity contribution in [2.75, 3.05) is 25.6 Å². The average Bonchev–Trinajstić information content (AvgIpc) is 3.51. The number of rotatable bonds is 9. The van der Waals surface area contributed by atoms with Crippen LogP contribution in [0.25, 0.3) is 21.9 Å². The Labute approximate surface area is 401 Å². The lowest BCUT2D eigenvalue weighted by atomic mass is 9.65. The maximum atomic E-state index is 14.6. The zero-order chi connectivity index (χ0) is 46.9. The number of nitrogens with one attached hydrogen (secondary N) is 2. The number of benzene rings is 4. The Kier molecular flexibility index (Phi) is 15.1. The van der Waals surface area contributed by atoms with Gasteiger partial charge in [-0.2, -0.15) is 0 Å². The predicted molar refractivity (Wildman–Crippen MR) is 264 cm³/mol. The van der Waals surface area contributed by atoms with Crippen molar-refractivity contribution in [3.63, 3.8) is 0 Å². The summed E-state index contributed by atoms with van der Waals surface area (Å²) in [6.07, 6.45) is 5.71. The van der Waals surface area contributed by atoms with E-state index in [-0.39, 0.29) is 96.7 Å². The Balaban J connectivity index is 1.12. The molecule has 0 amide bonds. The standard InChI is InChI=1S/C53H66N2O10S2/c1-28(59)43-16-8-32-20-33(25-57)38-15-11-35(4-3-19-56)54-53(41-21-34(26-58)51(55-43)49(32)50(38)41)65-46-24-37(61)13-6-30-9-17-44(62)52(64-2)48(30)39-14-7-29-5-12-36(60)23-40(29)42(39)27-66-67-47-18-10-31(46)22-45(47)63/h5,7,9,12,14,17,21,23,31-33,35,38,43,45-47,53-58,60,62-63H,3-4,6,8,10-11,13,15-16,18-20,22,24-27H2,1-2H3. The molecule has 0 spiro atoms. The van der Waals surface area contributed by atoms with E-state index < -0.39 is 18.4 Å². The van der Waals surface area contributed by atoms with Crippen molar-refractivity contribution in [3.8, 4) is 28.4 Å². The molecule has 4 aromatic rings. The number of carbonyl (C=O) groups is 2. The number of phenols is 2. The Morgan fingerprint density at radius 2 is 1.76 bits per heavy atom. The van der Waals surface area contributed by atoms with E-state index in [9.17, 15) is 40.2 Å². The van der Waals surface area contributed by atoms with Gasteiger partial charge in [0.05, 0.1) is 32.0 Å². The molecule has 67 heavy (non-hydrogen) atoms. The van der Waals surface area contributed by atoms with Crippen molar-refractivity contribution >= 4 is 49.6 Å². The molecule has 2 bridgehead atoms. The second-order valence-electron chi connectivity index (χ2n) is 19.6. The number of aliphatic hydroxyl groups is 4. The van der Waals surface area contributed by atoms with Crippen LogP contribution in [0.1, 0.15) is 135 Å². The van der Waals surface area contributed by atoms with Gasteiger partial charge in [0.25, 0.3) is 0 Å². The Morgan fingerprint density at radius 3 is 2.52 bits per heavy atom. The largest absolute Gasteiger partial charge is 0.508 e. The summed E-state index contributed by atoms with van der Waals surface area (Å²) in [7, 11) is 4.85. The van der Waals surface area contributed by atoms with Crippen LogP contribution in [0.2, 0.25) is 0 Å². The van der Waals surface area contributed by atoms with Crippen molar-refractivity contribution in [3.05, 3.63) is 81.9 Å². The SMILES string of the molecule is COc1c(O)ccc2c1-c1ccc3ccc(O)cc3c1CSSC1CCC(CC1O)C(OC1NC(CCCO)CCC3c4c1cc(CO)c1c4C(CCC(C(C)=O)N1)CC3CO)CC(=O)CC2. The Bertz CT molecular complexity index is 2470. The quantitative estimate of drug-likeness (QED) is 0.0742. The third kappa shape index (κ3) is 9.84. The van der Waals surface area contributed by atoms with Crippen LogP contribution in [0, 0.1) is 11.8 Å². The second kappa shape index (κ2) is 21.0. The first-order valence-electron chi connectivity index (χ1n) is 24.3. The van der Waals surface area contributed by atoms with E-state index in [4.69, 9.17) is 9.47 Å². The highest BCUT2D eigenvalue weighted by atomic mass is 33.1. The highest BCUT2D eigenvalue weighted by Crippen LogP contribution is 2.55. The molecule has 10 rings (SSSR count). The van der Waals surface area contributed by atoms with Crippen molar-refractivity contribution < 1.29 is 49.7 Å². The minimum absolute atomic E-state index is 0.0000343. The van der Waals surface area contributed by atoms with Gasteiger partial charge in [0.15, 0.2) is 17.3 Å². The molecule has 360 valence electrons. The van der Waals surface area contributed by atoms with Crippen LogP contribution in [-0.2, 0) is 33.1 Å². The van der Waals surface area contributed by atoms with Crippen LogP contribution in [0.4, 0.5) is 5.69 Å². The first kappa shape index (κ1) is 48.2. The number of fused-ring (bicyclic) bond motifs is 9. The van der Waals surface area contributed by atoms with Crippen LogP contribution in [-0.4, -0.2) is 92.1 Å². The number of Topliss-reactive ketones (excluding diaryl/α,β-unsaturated/α-hetero) is 2. The summed E-state index contributed by atoms with van der Waals surface area (Å²) in [5.74, 6) is 0.943. The number of phenolic OH excluding ortho intramolecular Hbond substituents is 2. The van der Waals surface area contributed by atoms with Crippen molar-refractivity contribution in [1.82, 2.24) is 5.32 Å². The number of aryl methyl sites for hydroxylation is 1. The normalized spacial score (nSPS) is 28.8. The lowest BCUT2D eigenvalue weighted by molar-refractivity contribution is -0.129. The molecule has 1 saturated carbocycles. The van der Waals surface area contributed by atoms with Crippen LogP contribution in [0.5, 0.6) is 17.2 Å². The van der Waals surface area contributed by atoms with Gasteiger partial charge in [-0.3, -0.25) is 14.9 Å². The summed E-state index contributed by atoms with van der Waals surface area (Å²) in [6.45, 7) is 1.42. The van der Waals surface area contributed by atoms with E-state index >= 15 is 0 Å². The Hall–Kier alpha value is -3.86. The van der Waals surface area contributed by atoms with Gasteiger partial charge in [0, 0.05) is 59.9 Å². The number of hydrogen-bond acceptors (Lipinski definition) is 14. The molecule has 6 aliphatic rings. The molecule has 4 aliphatic heterocycles. The fourth-order valence-corrected chi connectivity index (χ4v) is 15.1. The fourth-order valence-electron chi connectivity index (χ4n) is 12.2. The minimum Gasteiger partial charge on any atom is -0.508 e. The molecule has 14 heteroatoms. The maximum Gasteiger partial charge on any atom is 0.168 e. The number of ether oxygens (including phenoxy) is 2. The number of anilines is 1. The van der Waals surface area contributed by atoms with E-state index in [0.717, 1.165) is 81.9 Å². The maximum absolute atomic E-state index is 14.6. The number of ketones is 2. The minimum atomic E-state index is -0.705. The van der Waals surface area contributed by atoms with Crippen LogP contribution >= 0.6 is 21.6 Å². The van der Waals surface area contributed by atoms with Crippen LogP contribution in [0.3, 0.4) is 0 Å². The van der Waals surface area contributed by atoms with Gasteiger partial charge in [-0.25, -0.2) is 0 Å². The molecule has 4 aromatic carbocycles. The van der Waals surface area contributed by atoms with E-state index in [1.165, 1.54) is 7.11 Å². The van der Waals surface area contributed by atoms with E-state index in [1.54, 1.807) is 46.7 Å². The second-order valence-corrected chi connectivity index (χ2v) is 22.2. The number of aromatic hydroxyl groups is 2. The predicted octanol–water partition coefficient (Wildman–Crippen LogP) is 8.69. The summed E-state index contributed by atoms with van der Waals surface area (Å²) >= 11 is 0. The van der Waals surface area contributed by atoms with Gasteiger partial charge in [0.1, 0.15) is 17.8 Å². The van der Waals surface area contributed by atoms with E-state index in [0.29, 0.717) is 61.2 Å². The molecule has 2 aliphatic carbocycles.